The molecule has 3 nitrogen and oxygen atoms in total. The molecule has 0 radical (unpaired) electrons. The number of aromatic nitrogens is 1. The molecule has 1 aliphatic heterocycles. The van der Waals surface area contributed by atoms with Crippen LogP contribution in [0.1, 0.15) is 34.2 Å². The van der Waals surface area contributed by atoms with Crippen LogP contribution in [0.15, 0.2) is 53.2 Å². The van der Waals surface area contributed by atoms with Crippen LogP contribution in [0.4, 0.5) is 0 Å². The molecule has 0 fully saturated rings. The summed E-state index contributed by atoms with van der Waals surface area (Å²) >= 11 is 1.72. The van der Waals surface area contributed by atoms with Crippen molar-refractivity contribution >= 4 is 11.3 Å². The molecule has 4 heteroatoms. The Morgan fingerprint density at radius 3 is 2.92 bits per heavy atom. The third-order valence-corrected chi connectivity index (χ3v) is 5.25. The number of pyridine rings is 1. The number of rotatable bonds is 3. The molecule has 3 aromatic rings. The van der Waals surface area contributed by atoms with Crippen LogP contribution < -0.4 is 4.74 Å². The van der Waals surface area contributed by atoms with Gasteiger partial charge in [0.15, 0.2) is 0 Å². The fourth-order valence-corrected chi connectivity index (χ4v) is 4.05. The zero-order chi connectivity index (χ0) is 17.2. The first-order chi connectivity index (χ1) is 12.2. The van der Waals surface area contributed by atoms with E-state index in [-0.39, 0.29) is 6.10 Å². The maximum absolute atomic E-state index is 6.39. The van der Waals surface area contributed by atoms with E-state index in [4.69, 9.17) is 4.74 Å². The van der Waals surface area contributed by atoms with Gasteiger partial charge in [-0.15, -0.1) is 0 Å². The van der Waals surface area contributed by atoms with Gasteiger partial charge in [-0.1, -0.05) is 23.8 Å². The van der Waals surface area contributed by atoms with Crippen LogP contribution in [0.5, 0.6) is 5.75 Å². The van der Waals surface area contributed by atoms with Gasteiger partial charge in [-0.25, -0.2) is 0 Å². The number of fused-ring (bicyclic) bond motifs is 1. The van der Waals surface area contributed by atoms with E-state index in [2.05, 4.69) is 64.0 Å². The van der Waals surface area contributed by atoms with E-state index in [0.29, 0.717) is 0 Å². The van der Waals surface area contributed by atoms with Gasteiger partial charge in [-0.3, -0.25) is 9.88 Å². The summed E-state index contributed by atoms with van der Waals surface area (Å²) in [4.78, 5) is 7.12. The Labute approximate surface area is 152 Å². The lowest BCUT2D eigenvalue weighted by Gasteiger charge is -2.23. The Hall–Kier alpha value is -2.17. The molecule has 0 unspecified atom stereocenters. The van der Waals surface area contributed by atoms with Gasteiger partial charge < -0.3 is 4.74 Å². The van der Waals surface area contributed by atoms with Crippen LogP contribution in [-0.4, -0.2) is 16.4 Å². The molecule has 0 N–H and O–H groups in total. The summed E-state index contributed by atoms with van der Waals surface area (Å²) < 4.78 is 6.39. The van der Waals surface area contributed by atoms with Crippen molar-refractivity contribution in [3.8, 4) is 5.75 Å². The SMILES string of the molecule is Cc1ccc2c(c1)CN(Cc1cccc(C)n1)C[C@@H](c1ccsc1)O2. The molecule has 1 aliphatic rings. The molecule has 1 atom stereocenters. The van der Waals surface area contributed by atoms with Crippen LogP contribution in [0.2, 0.25) is 0 Å². The van der Waals surface area contributed by atoms with Gasteiger partial charge in [0.05, 0.1) is 5.69 Å². The van der Waals surface area contributed by atoms with Crippen LogP contribution in [-0.2, 0) is 13.1 Å². The van der Waals surface area contributed by atoms with E-state index in [0.717, 1.165) is 36.8 Å². The average molecular weight is 350 g/mol. The predicted molar refractivity (Wildman–Crippen MR) is 102 cm³/mol. The molecule has 1 aromatic carbocycles. The van der Waals surface area contributed by atoms with Gasteiger partial charge in [0.25, 0.3) is 0 Å². The standard InChI is InChI=1S/C21H22N2OS/c1-15-6-7-20-18(10-15)11-23(12-19-5-3-4-16(2)22-19)13-21(24-20)17-8-9-25-14-17/h3-10,14,21H,11-13H2,1-2H3/t21-/m0/s1. The summed E-state index contributed by atoms with van der Waals surface area (Å²) in [5.41, 5.74) is 5.95. The van der Waals surface area contributed by atoms with E-state index in [9.17, 15) is 0 Å². The third-order valence-electron chi connectivity index (χ3n) is 4.55. The minimum absolute atomic E-state index is 0.0556. The van der Waals surface area contributed by atoms with Crippen molar-refractivity contribution in [2.45, 2.75) is 33.0 Å². The first-order valence-electron chi connectivity index (χ1n) is 8.60. The van der Waals surface area contributed by atoms with Gasteiger partial charge in [0.2, 0.25) is 0 Å². The second-order valence-corrected chi connectivity index (χ2v) is 7.49. The summed E-state index contributed by atoms with van der Waals surface area (Å²) in [6.45, 7) is 6.75. The van der Waals surface area contributed by atoms with Crippen molar-refractivity contribution < 1.29 is 4.74 Å². The zero-order valence-corrected chi connectivity index (χ0v) is 15.4. The Kier molecular flexibility index (Phi) is 4.55. The molecule has 0 saturated carbocycles. The van der Waals surface area contributed by atoms with E-state index >= 15 is 0 Å². The fourth-order valence-electron chi connectivity index (χ4n) is 3.35. The molecule has 4 rings (SSSR count). The average Bonchev–Trinajstić information content (AvgIpc) is 3.05. The van der Waals surface area contributed by atoms with Gasteiger partial charge in [-0.05, 0) is 48.9 Å². The number of hydrogen-bond donors (Lipinski definition) is 0. The Morgan fingerprint density at radius 2 is 2.12 bits per heavy atom. The summed E-state index contributed by atoms with van der Waals surface area (Å²) in [5, 5.41) is 4.30. The number of benzene rings is 1. The maximum Gasteiger partial charge on any atom is 0.137 e. The van der Waals surface area contributed by atoms with Gasteiger partial charge in [0, 0.05) is 36.5 Å². The highest BCUT2D eigenvalue weighted by Crippen LogP contribution is 2.33. The lowest BCUT2D eigenvalue weighted by Crippen LogP contribution is -2.28. The van der Waals surface area contributed by atoms with Crippen LogP contribution in [0, 0.1) is 13.8 Å². The summed E-state index contributed by atoms with van der Waals surface area (Å²) in [5.74, 6) is 1.00. The quantitative estimate of drug-likeness (QED) is 0.672. The van der Waals surface area contributed by atoms with Crippen molar-refractivity contribution in [1.29, 1.82) is 0 Å². The molecular formula is C21H22N2OS. The van der Waals surface area contributed by atoms with E-state index in [1.807, 2.05) is 13.0 Å². The Morgan fingerprint density at radius 1 is 1.20 bits per heavy atom. The topological polar surface area (TPSA) is 25.4 Å². The minimum Gasteiger partial charge on any atom is -0.484 e. The van der Waals surface area contributed by atoms with Crippen LogP contribution in [0.3, 0.4) is 0 Å². The summed E-state index contributed by atoms with van der Waals surface area (Å²) in [6, 6.07) is 14.9. The second-order valence-electron chi connectivity index (χ2n) is 6.71. The van der Waals surface area contributed by atoms with Gasteiger partial charge in [-0.2, -0.15) is 11.3 Å². The lowest BCUT2D eigenvalue weighted by molar-refractivity contribution is 0.143. The lowest BCUT2D eigenvalue weighted by atomic mass is 10.1. The predicted octanol–water partition coefficient (Wildman–Crippen LogP) is 4.90. The molecule has 0 aliphatic carbocycles. The smallest absolute Gasteiger partial charge is 0.137 e. The van der Waals surface area contributed by atoms with Crippen molar-refractivity contribution in [2.24, 2.45) is 0 Å². The summed E-state index contributed by atoms with van der Waals surface area (Å²) in [6.07, 6.45) is 0.0556. The Balaban J connectivity index is 1.66. The normalized spacial score (nSPS) is 17.6. The van der Waals surface area contributed by atoms with Crippen molar-refractivity contribution in [3.05, 3.63) is 81.3 Å². The second kappa shape index (κ2) is 6.98. The molecule has 0 saturated heterocycles. The Bertz CT molecular complexity index is 860. The molecule has 128 valence electrons. The number of ether oxygens (including phenoxy) is 1. The van der Waals surface area contributed by atoms with Crippen molar-refractivity contribution in [3.63, 3.8) is 0 Å². The number of nitrogens with zero attached hydrogens (tertiary/aromatic N) is 2. The minimum atomic E-state index is 0.0556. The zero-order valence-electron chi connectivity index (χ0n) is 14.6. The maximum atomic E-state index is 6.39. The van der Waals surface area contributed by atoms with Crippen LogP contribution in [0.25, 0.3) is 0 Å². The van der Waals surface area contributed by atoms with Crippen molar-refractivity contribution in [2.75, 3.05) is 6.54 Å². The highest BCUT2D eigenvalue weighted by molar-refractivity contribution is 7.07. The molecular weight excluding hydrogens is 328 g/mol. The summed E-state index contributed by atoms with van der Waals surface area (Å²) in [7, 11) is 0. The molecule has 0 spiro atoms. The number of thiophene rings is 1. The van der Waals surface area contributed by atoms with E-state index in [1.165, 1.54) is 16.7 Å². The molecule has 25 heavy (non-hydrogen) atoms. The van der Waals surface area contributed by atoms with Gasteiger partial charge >= 0.3 is 0 Å². The first-order valence-corrected chi connectivity index (χ1v) is 9.55. The van der Waals surface area contributed by atoms with Crippen molar-refractivity contribution in [1.82, 2.24) is 9.88 Å². The van der Waals surface area contributed by atoms with E-state index < -0.39 is 0 Å². The molecule has 0 bridgehead atoms. The largest absolute Gasteiger partial charge is 0.484 e. The molecule has 3 heterocycles. The highest BCUT2D eigenvalue weighted by atomic mass is 32.1. The number of hydrogen-bond acceptors (Lipinski definition) is 4. The third kappa shape index (κ3) is 3.75. The first kappa shape index (κ1) is 16.3. The van der Waals surface area contributed by atoms with Crippen LogP contribution >= 0.6 is 11.3 Å². The fraction of sp³-hybridized carbons (Fsp3) is 0.286. The van der Waals surface area contributed by atoms with Gasteiger partial charge in [0.1, 0.15) is 11.9 Å². The molecule has 0 amide bonds. The monoisotopic (exact) mass is 350 g/mol. The van der Waals surface area contributed by atoms with E-state index in [1.54, 1.807) is 11.3 Å². The number of aryl methyl sites for hydroxylation is 2. The highest BCUT2D eigenvalue weighted by Gasteiger charge is 2.25. The molecule has 2 aromatic heterocycles.